The van der Waals surface area contributed by atoms with Gasteiger partial charge in [-0.1, -0.05) is 12.8 Å². The van der Waals surface area contributed by atoms with Crippen molar-refractivity contribution in [2.45, 2.75) is 49.4 Å². The Morgan fingerprint density at radius 1 is 1.35 bits per heavy atom. The Morgan fingerprint density at radius 2 is 2.00 bits per heavy atom. The first kappa shape index (κ1) is 12.8. The maximum atomic E-state index is 11.9. The molecule has 0 amide bonds. The molecule has 98 valence electrons. The molecular weight excluding hydrogens is 244 g/mol. The zero-order chi connectivity index (χ0) is 12.5. The highest BCUT2D eigenvalue weighted by Crippen LogP contribution is 2.41. The van der Waals surface area contributed by atoms with Gasteiger partial charge in [0, 0.05) is 6.61 Å². The number of sulfone groups is 1. The molecule has 1 unspecified atom stereocenters. The van der Waals surface area contributed by atoms with Crippen LogP contribution in [0.3, 0.4) is 0 Å². The molecule has 1 aliphatic heterocycles. The standard InChI is InChI=1S/C11H18O5S/c12-10(13)8-17(14,15)9-3-6-16-11(7-9)4-1-2-5-11/h9H,1-8H2,(H,12,13). The Morgan fingerprint density at radius 3 is 2.59 bits per heavy atom. The highest BCUT2D eigenvalue weighted by atomic mass is 32.2. The summed E-state index contributed by atoms with van der Waals surface area (Å²) in [6, 6.07) is 0. The first-order chi connectivity index (χ1) is 7.94. The minimum Gasteiger partial charge on any atom is -0.480 e. The van der Waals surface area contributed by atoms with E-state index in [1.165, 1.54) is 0 Å². The first-order valence-electron chi connectivity index (χ1n) is 6.01. The van der Waals surface area contributed by atoms with Gasteiger partial charge in [0.15, 0.2) is 9.84 Å². The summed E-state index contributed by atoms with van der Waals surface area (Å²) in [5.74, 6) is -2.02. The molecule has 1 aliphatic carbocycles. The van der Waals surface area contributed by atoms with E-state index in [-0.39, 0.29) is 5.60 Å². The molecule has 5 nitrogen and oxygen atoms in total. The zero-order valence-electron chi connectivity index (χ0n) is 9.72. The van der Waals surface area contributed by atoms with Crippen LogP contribution in [-0.2, 0) is 19.4 Å². The lowest BCUT2D eigenvalue weighted by Crippen LogP contribution is -2.44. The van der Waals surface area contributed by atoms with Gasteiger partial charge in [0.05, 0.1) is 10.9 Å². The van der Waals surface area contributed by atoms with E-state index in [2.05, 4.69) is 0 Å². The van der Waals surface area contributed by atoms with Crippen molar-refractivity contribution in [1.82, 2.24) is 0 Å². The second-order valence-corrected chi connectivity index (χ2v) is 7.34. The van der Waals surface area contributed by atoms with Gasteiger partial charge in [-0.2, -0.15) is 0 Å². The van der Waals surface area contributed by atoms with Crippen LogP contribution in [0.15, 0.2) is 0 Å². The number of aliphatic carboxylic acids is 1. The quantitative estimate of drug-likeness (QED) is 0.820. The average Bonchev–Trinajstić information content (AvgIpc) is 2.64. The Hall–Kier alpha value is -0.620. The summed E-state index contributed by atoms with van der Waals surface area (Å²) < 4.78 is 29.5. The predicted octanol–water partition coefficient (Wildman–Crippen LogP) is 0.978. The van der Waals surface area contributed by atoms with Crippen molar-refractivity contribution >= 4 is 15.8 Å². The largest absolute Gasteiger partial charge is 0.480 e. The molecule has 1 atom stereocenters. The van der Waals surface area contributed by atoms with Gasteiger partial charge in [0.1, 0.15) is 5.75 Å². The number of rotatable bonds is 3. The van der Waals surface area contributed by atoms with Gasteiger partial charge in [-0.15, -0.1) is 0 Å². The van der Waals surface area contributed by atoms with E-state index < -0.39 is 26.8 Å². The second-order valence-electron chi connectivity index (χ2n) is 5.05. The van der Waals surface area contributed by atoms with E-state index in [0.29, 0.717) is 19.4 Å². The van der Waals surface area contributed by atoms with Crippen LogP contribution in [0.1, 0.15) is 38.5 Å². The number of hydrogen-bond acceptors (Lipinski definition) is 4. The van der Waals surface area contributed by atoms with Crippen molar-refractivity contribution in [2.24, 2.45) is 0 Å². The van der Waals surface area contributed by atoms with E-state index in [0.717, 1.165) is 25.7 Å². The summed E-state index contributed by atoms with van der Waals surface area (Å²) in [5.41, 5.74) is -0.283. The van der Waals surface area contributed by atoms with Crippen LogP contribution in [0, 0.1) is 0 Å². The van der Waals surface area contributed by atoms with E-state index >= 15 is 0 Å². The number of carboxylic acids is 1. The molecule has 2 fully saturated rings. The van der Waals surface area contributed by atoms with E-state index in [4.69, 9.17) is 9.84 Å². The van der Waals surface area contributed by atoms with Crippen molar-refractivity contribution in [3.8, 4) is 0 Å². The third-order valence-corrected chi connectivity index (χ3v) is 5.86. The third kappa shape index (κ3) is 2.80. The van der Waals surface area contributed by atoms with E-state index in [1.54, 1.807) is 0 Å². The summed E-state index contributed by atoms with van der Waals surface area (Å²) >= 11 is 0. The molecule has 0 aromatic heterocycles. The Bertz CT molecular complexity index is 394. The molecule has 17 heavy (non-hydrogen) atoms. The second kappa shape index (κ2) is 4.57. The lowest BCUT2D eigenvalue weighted by molar-refractivity contribution is -0.134. The fourth-order valence-corrected chi connectivity index (χ4v) is 4.54. The van der Waals surface area contributed by atoms with Crippen LogP contribution in [-0.4, -0.2) is 42.7 Å². The topological polar surface area (TPSA) is 80.7 Å². The Kier molecular flexibility index (Phi) is 3.45. The monoisotopic (exact) mass is 262 g/mol. The molecule has 0 aromatic rings. The summed E-state index contributed by atoms with van der Waals surface area (Å²) in [6.07, 6.45) is 4.87. The maximum absolute atomic E-state index is 11.9. The number of ether oxygens (including phenoxy) is 1. The molecule has 0 aromatic carbocycles. The molecule has 1 heterocycles. The highest BCUT2D eigenvalue weighted by molar-refractivity contribution is 7.92. The fourth-order valence-electron chi connectivity index (χ4n) is 2.95. The van der Waals surface area contributed by atoms with Gasteiger partial charge in [0.25, 0.3) is 0 Å². The van der Waals surface area contributed by atoms with Gasteiger partial charge in [-0.05, 0) is 25.7 Å². The van der Waals surface area contributed by atoms with Crippen molar-refractivity contribution in [2.75, 3.05) is 12.4 Å². The van der Waals surface area contributed by atoms with Crippen LogP contribution in [0.5, 0.6) is 0 Å². The molecular formula is C11H18O5S. The molecule has 6 heteroatoms. The third-order valence-electron chi connectivity index (χ3n) is 3.80. The lowest BCUT2D eigenvalue weighted by Gasteiger charge is -2.37. The lowest BCUT2D eigenvalue weighted by atomic mass is 9.92. The molecule has 2 rings (SSSR count). The van der Waals surface area contributed by atoms with Crippen molar-refractivity contribution < 1.29 is 23.1 Å². The van der Waals surface area contributed by atoms with E-state index in [9.17, 15) is 13.2 Å². The predicted molar refractivity (Wildman–Crippen MR) is 61.6 cm³/mol. The smallest absolute Gasteiger partial charge is 0.318 e. The van der Waals surface area contributed by atoms with Gasteiger partial charge >= 0.3 is 5.97 Å². The molecule has 1 saturated heterocycles. The van der Waals surface area contributed by atoms with Crippen LogP contribution in [0.4, 0.5) is 0 Å². The number of carboxylic acid groups (broad SMARTS) is 1. The SMILES string of the molecule is O=C(O)CS(=O)(=O)C1CCOC2(CCCC2)C1. The fraction of sp³-hybridized carbons (Fsp3) is 0.909. The van der Waals surface area contributed by atoms with Crippen molar-refractivity contribution in [3.63, 3.8) is 0 Å². The minimum atomic E-state index is -3.53. The van der Waals surface area contributed by atoms with Gasteiger partial charge in [-0.3, -0.25) is 4.79 Å². The van der Waals surface area contributed by atoms with E-state index in [1.807, 2.05) is 0 Å². The van der Waals surface area contributed by atoms with Crippen molar-refractivity contribution in [3.05, 3.63) is 0 Å². The van der Waals surface area contributed by atoms with Gasteiger partial charge in [-0.25, -0.2) is 8.42 Å². The van der Waals surface area contributed by atoms with Gasteiger partial charge < -0.3 is 9.84 Å². The summed E-state index contributed by atoms with van der Waals surface area (Å²) in [6.45, 7) is 0.434. The maximum Gasteiger partial charge on any atom is 0.318 e. The highest BCUT2D eigenvalue weighted by Gasteiger charge is 2.44. The van der Waals surface area contributed by atoms with Gasteiger partial charge in [0.2, 0.25) is 0 Å². The van der Waals surface area contributed by atoms with Crippen LogP contribution >= 0.6 is 0 Å². The van der Waals surface area contributed by atoms with Crippen LogP contribution in [0.25, 0.3) is 0 Å². The first-order valence-corrected chi connectivity index (χ1v) is 7.72. The number of hydrogen-bond donors (Lipinski definition) is 1. The average molecular weight is 262 g/mol. The zero-order valence-corrected chi connectivity index (χ0v) is 10.5. The van der Waals surface area contributed by atoms with Crippen LogP contribution < -0.4 is 0 Å². The Labute approximate surface area is 101 Å². The number of carbonyl (C=O) groups is 1. The molecule has 2 aliphatic rings. The molecule has 1 N–H and O–H groups in total. The summed E-state index contributed by atoms with van der Waals surface area (Å²) in [5, 5.41) is 8.09. The molecule has 1 spiro atoms. The Balaban J connectivity index is 2.09. The normalized spacial score (nSPS) is 28.4. The molecule has 0 radical (unpaired) electrons. The molecule has 0 bridgehead atoms. The van der Waals surface area contributed by atoms with Crippen LogP contribution in [0.2, 0.25) is 0 Å². The summed E-state index contributed by atoms with van der Waals surface area (Å²) in [4.78, 5) is 10.6. The van der Waals surface area contributed by atoms with Crippen molar-refractivity contribution in [1.29, 1.82) is 0 Å². The summed E-state index contributed by atoms with van der Waals surface area (Å²) in [7, 11) is -3.53. The minimum absolute atomic E-state index is 0.283. The molecule has 1 saturated carbocycles.